The summed E-state index contributed by atoms with van der Waals surface area (Å²) >= 11 is 0. The number of rotatable bonds is 22. The van der Waals surface area contributed by atoms with Crippen LogP contribution in [0.15, 0.2) is 54.1 Å². The quantitative estimate of drug-likeness (QED) is 0.0939. The first kappa shape index (κ1) is 38.9. The molecule has 2 heterocycles. The van der Waals surface area contributed by atoms with Crippen LogP contribution < -0.4 is 9.47 Å². The lowest BCUT2D eigenvalue weighted by molar-refractivity contribution is -0.917. The number of unbranched alkanes of at least 4 members (excludes halogenated alkanes) is 6. The number of aliphatic hydroxyl groups excluding tert-OH is 2. The zero-order chi connectivity index (χ0) is 36.4. The summed E-state index contributed by atoms with van der Waals surface area (Å²) in [4.78, 5) is 0. The summed E-state index contributed by atoms with van der Waals surface area (Å²) in [5.41, 5.74) is 5.91. The van der Waals surface area contributed by atoms with Crippen molar-refractivity contribution < 1.29 is 28.7 Å². The van der Waals surface area contributed by atoms with Gasteiger partial charge in [-0.05, 0) is 148 Å². The van der Waals surface area contributed by atoms with Gasteiger partial charge in [-0.25, -0.2) is 0 Å². The monoisotopic (exact) mass is 729 g/mol. The van der Waals surface area contributed by atoms with Gasteiger partial charge in [0.1, 0.15) is 24.6 Å². The number of allylic oxidation sites excluding steroid dienone is 1. The van der Waals surface area contributed by atoms with Gasteiger partial charge < -0.3 is 28.7 Å². The molecule has 6 heteroatoms. The second kappa shape index (κ2) is 19.0. The first-order valence-electron chi connectivity index (χ1n) is 22.2. The van der Waals surface area contributed by atoms with Gasteiger partial charge in [-0.2, -0.15) is 0 Å². The minimum atomic E-state index is 0.323. The van der Waals surface area contributed by atoms with Crippen molar-refractivity contribution in [2.75, 3.05) is 78.8 Å². The third-order valence-electron chi connectivity index (χ3n) is 14.4. The fraction of sp³-hybridized carbons (Fsp3) is 0.702. The van der Waals surface area contributed by atoms with Gasteiger partial charge in [0.05, 0.1) is 65.7 Å². The Kier molecular flexibility index (Phi) is 13.9. The van der Waals surface area contributed by atoms with Gasteiger partial charge in [0, 0.05) is 25.7 Å². The second-order valence-electron chi connectivity index (χ2n) is 18.0. The van der Waals surface area contributed by atoms with E-state index in [9.17, 15) is 10.2 Å². The molecule has 6 fully saturated rings. The van der Waals surface area contributed by atoms with E-state index in [1.54, 1.807) is 5.57 Å². The maximum atomic E-state index is 9.55. The Morgan fingerprint density at radius 3 is 1.28 bits per heavy atom. The first-order valence-corrected chi connectivity index (χ1v) is 22.2. The molecule has 0 spiro atoms. The minimum Gasteiger partial charge on any atom is -0.494 e. The summed E-state index contributed by atoms with van der Waals surface area (Å²) in [6.07, 6.45) is 22.0. The van der Waals surface area contributed by atoms with Crippen LogP contribution in [-0.4, -0.2) is 98.0 Å². The summed E-state index contributed by atoms with van der Waals surface area (Å²) < 4.78 is 14.8. The highest BCUT2D eigenvalue weighted by Crippen LogP contribution is 2.58. The molecule has 6 aliphatic rings. The van der Waals surface area contributed by atoms with Crippen LogP contribution in [0.1, 0.15) is 120 Å². The van der Waals surface area contributed by atoms with Gasteiger partial charge in [0.15, 0.2) is 0 Å². The average Bonchev–Trinajstić information content (AvgIpc) is 3.83. The van der Waals surface area contributed by atoms with Crippen molar-refractivity contribution in [2.24, 2.45) is 23.7 Å². The molecule has 0 unspecified atom stereocenters. The molecule has 53 heavy (non-hydrogen) atoms. The third kappa shape index (κ3) is 10.1. The highest BCUT2D eigenvalue weighted by Gasteiger charge is 2.46. The summed E-state index contributed by atoms with van der Waals surface area (Å²) in [5.74, 6) is 5.34. The Balaban J connectivity index is 0.908. The molecule has 2 aromatic rings. The number of likely N-dealkylation sites (tertiary alicyclic amines) is 2. The molecule has 4 bridgehead atoms. The molecule has 8 rings (SSSR count). The zero-order valence-corrected chi connectivity index (χ0v) is 33.0. The van der Waals surface area contributed by atoms with E-state index in [0.717, 1.165) is 83.3 Å². The first-order chi connectivity index (χ1) is 26.1. The molecule has 0 radical (unpaired) electrons. The van der Waals surface area contributed by atoms with Gasteiger partial charge in [0.2, 0.25) is 0 Å². The topological polar surface area (TPSA) is 58.9 Å². The lowest BCUT2D eigenvalue weighted by atomic mass is 9.53. The minimum absolute atomic E-state index is 0.323. The van der Waals surface area contributed by atoms with E-state index in [1.807, 2.05) is 0 Å². The molecular formula is C47H72N2O4+2. The smallest absolute Gasteiger partial charge is 0.119 e. The van der Waals surface area contributed by atoms with Gasteiger partial charge in [0.25, 0.3) is 0 Å². The molecule has 2 aliphatic heterocycles. The van der Waals surface area contributed by atoms with Crippen LogP contribution in [0.4, 0.5) is 0 Å². The van der Waals surface area contributed by atoms with Crippen LogP contribution in [0.5, 0.6) is 11.5 Å². The normalized spacial score (nSPS) is 25.3. The average molecular weight is 729 g/mol. The van der Waals surface area contributed by atoms with E-state index in [-0.39, 0.29) is 0 Å². The highest BCUT2D eigenvalue weighted by molar-refractivity contribution is 5.83. The summed E-state index contributed by atoms with van der Waals surface area (Å²) in [6, 6.07) is 18.1. The molecule has 292 valence electrons. The van der Waals surface area contributed by atoms with Crippen molar-refractivity contribution in [2.45, 2.75) is 109 Å². The number of benzene rings is 2. The van der Waals surface area contributed by atoms with Gasteiger partial charge in [-0.1, -0.05) is 29.8 Å². The van der Waals surface area contributed by atoms with Crippen LogP contribution in [0.2, 0.25) is 0 Å². The highest BCUT2D eigenvalue weighted by atomic mass is 16.5. The van der Waals surface area contributed by atoms with Crippen molar-refractivity contribution in [1.82, 2.24) is 0 Å². The van der Waals surface area contributed by atoms with Gasteiger partial charge in [-0.3, -0.25) is 0 Å². The molecule has 0 aromatic heterocycles. The zero-order valence-electron chi connectivity index (χ0n) is 33.0. The van der Waals surface area contributed by atoms with Gasteiger partial charge >= 0.3 is 0 Å². The van der Waals surface area contributed by atoms with Crippen molar-refractivity contribution in [3.63, 3.8) is 0 Å². The second-order valence-corrected chi connectivity index (χ2v) is 18.0. The van der Waals surface area contributed by atoms with Crippen LogP contribution in [0, 0.1) is 23.7 Å². The van der Waals surface area contributed by atoms with Crippen molar-refractivity contribution in [3.05, 3.63) is 65.2 Å². The molecule has 0 atom stereocenters. The lowest BCUT2D eigenvalue weighted by Gasteiger charge is -2.52. The Morgan fingerprint density at radius 1 is 0.491 bits per heavy atom. The predicted molar refractivity (Wildman–Crippen MR) is 216 cm³/mol. The molecular weight excluding hydrogens is 657 g/mol. The summed E-state index contributed by atoms with van der Waals surface area (Å²) in [7, 11) is 0. The number of aliphatic hydroxyl groups is 2. The van der Waals surface area contributed by atoms with E-state index in [2.05, 4.69) is 48.5 Å². The van der Waals surface area contributed by atoms with E-state index < -0.39 is 0 Å². The van der Waals surface area contributed by atoms with Crippen LogP contribution in [-0.2, 0) is 0 Å². The van der Waals surface area contributed by atoms with E-state index >= 15 is 0 Å². The maximum absolute atomic E-state index is 9.55. The number of hydrogen-bond acceptors (Lipinski definition) is 4. The number of ether oxygens (including phenoxy) is 2. The molecule has 6 nitrogen and oxygen atoms in total. The standard InChI is InChI=1S/C47H72N2O4/c50-29-27-48(23-7-8-24-48)21-5-1-3-11-31-52-44-17-13-40(14-18-44)46(47-42-34-38-33-39(36-42)37-43(47)35-38)41-15-19-45(20-16-41)53-32-12-4-2-6-22-49(28-30-51)25-9-10-26-49/h13-20,38-39,42-43,50-51H,1-12,21-37H2/q+2. The summed E-state index contributed by atoms with van der Waals surface area (Å²) in [6.45, 7) is 11.6. The van der Waals surface area contributed by atoms with Crippen molar-refractivity contribution in [3.8, 4) is 11.5 Å². The fourth-order valence-corrected chi connectivity index (χ4v) is 11.8. The van der Waals surface area contributed by atoms with Crippen LogP contribution in [0.25, 0.3) is 5.57 Å². The van der Waals surface area contributed by atoms with Crippen molar-refractivity contribution in [1.29, 1.82) is 0 Å². The Hall–Kier alpha value is -2.38. The Morgan fingerprint density at radius 2 is 0.887 bits per heavy atom. The SMILES string of the molecule is OCC[N+]1(CCCCCCOc2ccc(C(=C3C4CC5CC(C4)CC3C5)c3ccc(OCCCCCC[N+]4(CCO)CCCC4)cc3)cc2)CCCC1. The van der Waals surface area contributed by atoms with Crippen LogP contribution in [0.3, 0.4) is 0 Å². The summed E-state index contributed by atoms with van der Waals surface area (Å²) in [5, 5.41) is 19.1. The largest absolute Gasteiger partial charge is 0.494 e. The Bertz CT molecular complexity index is 1310. The molecule has 2 aromatic carbocycles. The number of hydrogen-bond donors (Lipinski definition) is 2. The van der Waals surface area contributed by atoms with E-state index in [1.165, 1.54) is 152 Å². The lowest BCUT2D eigenvalue weighted by Crippen LogP contribution is -2.47. The van der Waals surface area contributed by atoms with E-state index in [4.69, 9.17) is 9.47 Å². The molecule has 2 saturated heterocycles. The van der Waals surface area contributed by atoms with Gasteiger partial charge in [-0.15, -0.1) is 0 Å². The Labute approximate surface area is 321 Å². The van der Waals surface area contributed by atoms with Crippen LogP contribution >= 0.6 is 0 Å². The molecule has 4 aliphatic carbocycles. The number of quaternary nitrogens is 2. The predicted octanol–water partition coefficient (Wildman–Crippen LogP) is 9.03. The molecule has 0 amide bonds. The fourth-order valence-electron chi connectivity index (χ4n) is 11.8. The molecule has 2 N–H and O–H groups in total. The number of nitrogens with zero attached hydrogens (tertiary/aromatic N) is 2. The van der Waals surface area contributed by atoms with E-state index in [0.29, 0.717) is 13.2 Å². The third-order valence-corrected chi connectivity index (χ3v) is 14.4. The molecule has 4 saturated carbocycles. The van der Waals surface area contributed by atoms with Crippen molar-refractivity contribution >= 4 is 5.57 Å². The maximum Gasteiger partial charge on any atom is 0.119 e.